The zero-order valence-corrected chi connectivity index (χ0v) is 17.4. The Morgan fingerprint density at radius 1 is 0.806 bits per heavy atom. The van der Waals surface area contributed by atoms with E-state index < -0.39 is 17.9 Å². The first kappa shape index (κ1) is 22.0. The van der Waals surface area contributed by atoms with Crippen molar-refractivity contribution in [2.24, 2.45) is 0 Å². The van der Waals surface area contributed by atoms with Crippen LogP contribution in [0.4, 0.5) is 0 Å². The maximum Gasteiger partial charge on any atom is 0.326 e. The van der Waals surface area contributed by atoms with Gasteiger partial charge in [-0.3, -0.25) is 9.59 Å². The fraction of sp³-hybridized carbons (Fsp3) is 0.240. The summed E-state index contributed by atoms with van der Waals surface area (Å²) in [6.45, 7) is 1.87. The van der Waals surface area contributed by atoms with Crippen LogP contribution in [0.5, 0.6) is 0 Å². The van der Waals surface area contributed by atoms with E-state index in [4.69, 9.17) is 0 Å². The molecule has 0 bridgehead atoms. The van der Waals surface area contributed by atoms with Crippen LogP contribution in [-0.2, 0) is 20.8 Å². The molecule has 0 unspecified atom stereocenters. The highest BCUT2D eigenvalue weighted by Gasteiger charge is 2.21. The molecule has 2 atom stereocenters. The molecule has 6 heteroatoms. The zero-order chi connectivity index (χ0) is 22.2. The number of hydrogen-bond acceptors (Lipinski definition) is 3. The van der Waals surface area contributed by atoms with Gasteiger partial charge in [-0.2, -0.15) is 0 Å². The average molecular weight is 418 g/mol. The van der Waals surface area contributed by atoms with Crippen molar-refractivity contribution in [2.45, 2.75) is 38.3 Å². The molecule has 160 valence electrons. The van der Waals surface area contributed by atoms with E-state index in [0.717, 1.165) is 21.9 Å². The SMILES string of the molecule is C[C@@H](NC(=O)CCC(=O)N[C@H](Cc1ccc2ccccc2c1)C(=O)O)c1ccccc1. The minimum absolute atomic E-state index is 0.00861. The fourth-order valence-electron chi connectivity index (χ4n) is 3.43. The van der Waals surface area contributed by atoms with E-state index in [1.54, 1.807) is 0 Å². The molecule has 0 heterocycles. The Bertz CT molecular complexity index is 1070. The third kappa shape index (κ3) is 6.40. The molecule has 0 fully saturated rings. The van der Waals surface area contributed by atoms with Crippen LogP contribution in [0, 0.1) is 0 Å². The highest BCUT2D eigenvalue weighted by atomic mass is 16.4. The quantitative estimate of drug-likeness (QED) is 0.495. The molecule has 0 spiro atoms. The first-order valence-electron chi connectivity index (χ1n) is 10.3. The Hall–Kier alpha value is -3.67. The highest BCUT2D eigenvalue weighted by molar-refractivity contribution is 5.87. The molecule has 0 aromatic heterocycles. The zero-order valence-electron chi connectivity index (χ0n) is 17.4. The molecular weight excluding hydrogens is 392 g/mol. The first-order valence-corrected chi connectivity index (χ1v) is 10.3. The lowest BCUT2D eigenvalue weighted by Crippen LogP contribution is -2.42. The van der Waals surface area contributed by atoms with Gasteiger partial charge < -0.3 is 15.7 Å². The molecular formula is C25H26N2O4. The van der Waals surface area contributed by atoms with Crippen LogP contribution in [0.3, 0.4) is 0 Å². The van der Waals surface area contributed by atoms with Crippen LogP contribution < -0.4 is 10.6 Å². The van der Waals surface area contributed by atoms with Gasteiger partial charge in [-0.05, 0) is 28.8 Å². The van der Waals surface area contributed by atoms with Crippen LogP contribution in [0.25, 0.3) is 10.8 Å². The molecule has 3 N–H and O–H groups in total. The summed E-state index contributed by atoms with van der Waals surface area (Å²) >= 11 is 0. The van der Waals surface area contributed by atoms with E-state index in [1.165, 1.54) is 0 Å². The third-order valence-electron chi connectivity index (χ3n) is 5.14. The van der Waals surface area contributed by atoms with Gasteiger partial charge in [-0.1, -0.05) is 72.8 Å². The molecule has 0 aliphatic rings. The second kappa shape index (κ2) is 10.4. The summed E-state index contributed by atoms with van der Waals surface area (Å²) in [7, 11) is 0. The Kier molecular flexibility index (Phi) is 7.38. The topological polar surface area (TPSA) is 95.5 Å². The van der Waals surface area contributed by atoms with E-state index in [-0.39, 0.29) is 31.2 Å². The lowest BCUT2D eigenvalue weighted by molar-refractivity contribution is -0.141. The van der Waals surface area contributed by atoms with E-state index in [9.17, 15) is 19.5 Å². The first-order chi connectivity index (χ1) is 14.9. The number of carboxylic acids is 1. The van der Waals surface area contributed by atoms with Crippen molar-refractivity contribution in [1.82, 2.24) is 10.6 Å². The highest BCUT2D eigenvalue weighted by Crippen LogP contribution is 2.17. The van der Waals surface area contributed by atoms with Gasteiger partial charge in [0.05, 0.1) is 6.04 Å². The van der Waals surface area contributed by atoms with Crippen LogP contribution >= 0.6 is 0 Å². The number of fused-ring (bicyclic) bond motifs is 1. The fourth-order valence-corrected chi connectivity index (χ4v) is 3.43. The Morgan fingerprint density at radius 2 is 1.42 bits per heavy atom. The van der Waals surface area contributed by atoms with Crippen molar-refractivity contribution in [3.05, 3.63) is 83.9 Å². The summed E-state index contributed by atoms with van der Waals surface area (Å²) in [5, 5.41) is 17.0. The van der Waals surface area contributed by atoms with Gasteiger partial charge >= 0.3 is 5.97 Å². The molecule has 2 amide bonds. The Morgan fingerprint density at radius 3 is 2.10 bits per heavy atom. The van der Waals surface area contributed by atoms with Crippen LogP contribution in [0.2, 0.25) is 0 Å². The van der Waals surface area contributed by atoms with Crippen molar-refractivity contribution in [3.8, 4) is 0 Å². The smallest absolute Gasteiger partial charge is 0.326 e. The summed E-state index contributed by atoms with van der Waals surface area (Å²) in [6.07, 6.45) is 0.0866. The summed E-state index contributed by atoms with van der Waals surface area (Å²) in [4.78, 5) is 36.1. The number of carboxylic acid groups (broad SMARTS) is 1. The van der Waals surface area contributed by atoms with Crippen molar-refractivity contribution in [3.63, 3.8) is 0 Å². The third-order valence-corrected chi connectivity index (χ3v) is 5.14. The molecule has 0 saturated carbocycles. The maximum absolute atomic E-state index is 12.3. The lowest BCUT2D eigenvalue weighted by atomic mass is 10.0. The van der Waals surface area contributed by atoms with E-state index >= 15 is 0 Å². The molecule has 3 aromatic rings. The average Bonchev–Trinajstić information content (AvgIpc) is 2.77. The minimum atomic E-state index is -1.11. The van der Waals surface area contributed by atoms with Crippen LogP contribution in [-0.4, -0.2) is 28.9 Å². The van der Waals surface area contributed by atoms with Gasteiger partial charge in [0.2, 0.25) is 11.8 Å². The maximum atomic E-state index is 12.3. The number of aliphatic carboxylic acids is 1. The van der Waals surface area contributed by atoms with Gasteiger partial charge in [0.25, 0.3) is 0 Å². The molecule has 0 radical (unpaired) electrons. The van der Waals surface area contributed by atoms with Gasteiger partial charge in [-0.25, -0.2) is 4.79 Å². The Labute approximate surface area is 181 Å². The van der Waals surface area contributed by atoms with Gasteiger partial charge in [0.1, 0.15) is 6.04 Å². The number of rotatable bonds is 9. The van der Waals surface area contributed by atoms with Crippen LogP contribution in [0.1, 0.15) is 36.9 Å². The summed E-state index contributed by atoms with van der Waals surface area (Å²) in [6, 6.07) is 21.8. The summed E-state index contributed by atoms with van der Waals surface area (Å²) in [5.41, 5.74) is 1.79. The lowest BCUT2D eigenvalue weighted by Gasteiger charge is -2.16. The van der Waals surface area contributed by atoms with Gasteiger partial charge in [0.15, 0.2) is 0 Å². The van der Waals surface area contributed by atoms with Crippen LogP contribution in [0.15, 0.2) is 72.8 Å². The van der Waals surface area contributed by atoms with Crippen molar-refractivity contribution < 1.29 is 19.5 Å². The minimum Gasteiger partial charge on any atom is -0.480 e. The number of carbonyl (C=O) groups excluding carboxylic acids is 2. The number of benzene rings is 3. The number of hydrogen-bond donors (Lipinski definition) is 3. The molecule has 3 aromatic carbocycles. The normalized spacial score (nSPS) is 12.7. The van der Waals surface area contributed by atoms with Crippen molar-refractivity contribution in [1.29, 1.82) is 0 Å². The molecule has 0 saturated heterocycles. The number of carbonyl (C=O) groups is 3. The molecule has 6 nitrogen and oxygen atoms in total. The van der Waals surface area contributed by atoms with E-state index in [2.05, 4.69) is 10.6 Å². The molecule has 0 aliphatic carbocycles. The number of nitrogens with one attached hydrogen (secondary N) is 2. The molecule has 3 rings (SSSR count). The van der Waals surface area contributed by atoms with Gasteiger partial charge in [-0.15, -0.1) is 0 Å². The van der Waals surface area contributed by atoms with E-state index in [1.807, 2.05) is 79.7 Å². The summed E-state index contributed by atoms with van der Waals surface area (Å²) < 4.78 is 0. The van der Waals surface area contributed by atoms with E-state index in [0.29, 0.717) is 0 Å². The second-order valence-electron chi connectivity index (χ2n) is 7.54. The number of amides is 2. The molecule has 0 aliphatic heterocycles. The van der Waals surface area contributed by atoms with Gasteiger partial charge in [0, 0.05) is 19.3 Å². The molecule has 31 heavy (non-hydrogen) atoms. The predicted octanol–water partition coefficient (Wildman–Crippen LogP) is 3.61. The Balaban J connectivity index is 1.51. The largest absolute Gasteiger partial charge is 0.480 e. The standard InChI is InChI=1S/C25H26N2O4/c1-17(19-7-3-2-4-8-19)26-23(28)13-14-24(29)27-22(25(30)31)16-18-11-12-20-9-5-6-10-21(20)15-18/h2-12,15,17,22H,13-14,16H2,1H3,(H,26,28)(H,27,29)(H,30,31)/t17-,22-/m1/s1. The van der Waals surface area contributed by atoms with Crippen molar-refractivity contribution in [2.75, 3.05) is 0 Å². The monoisotopic (exact) mass is 418 g/mol. The predicted molar refractivity (Wildman–Crippen MR) is 119 cm³/mol. The summed E-state index contributed by atoms with van der Waals surface area (Å²) in [5.74, 6) is -1.83. The second-order valence-corrected chi connectivity index (χ2v) is 7.54. The van der Waals surface area contributed by atoms with Crippen molar-refractivity contribution >= 4 is 28.6 Å².